The number of aliphatic hydroxyl groups excluding tert-OH is 1. The smallest absolute Gasteiger partial charge is 0.396 e. The Kier molecular flexibility index (Phi) is 5.78. The summed E-state index contributed by atoms with van der Waals surface area (Å²) in [5.41, 5.74) is -0.0622. The molecule has 2 fully saturated rings. The van der Waals surface area contributed by atoms with Crippen LogP contribution in [0.2, 0.25) is 0 Å². The van der Waals surface area contributed by atoms with Crippen molar-refractivity contribution in [2.75, 3.05) is 45.9 Å². The van der Waals surface area contributed by atoms with E-state index in [0.717, 1.165) is 18.8 Å². The molecule has 0 aromatic rings. The third kappa shape index (κ3) is 4.73. The Bertz CT molecular complexity index is 415. The molecule has 1 saturated heterocycles. The van der Waals surface area contributed by atoms with Crippen LogP contribution in [0.3, 0.4) is 0 Å². The highest BCUT2D eigenvalue weighted by Crippen LogP contribution is 2.45. The summed E-state index contributed by atoms with van der Waals surface area (Å²) in [6.45, 7) is 6.41. The van der Waals surface area contributed by atoms with E-state index in [0.29, 0.717) is 39.3 Å². The highest BCUT2D eigenvalue weighted by molar-refractivity contribution is 5.80. The van der Waals surface area contributed by atoms with E-state index < -0.39 is 12.2 Å². The summed E-state index contributed by atoms with van der Waals surface area (Å²) in [6, 6.07) is -1.41. The summed E-state index contributed by atoms with van der Waals surface area (Å²) < 4.78 is 38.4. The van der Waals surface area contributed by atoms with Crippen molar-refractivity contribution >= 4 is 5.96 Å². The third-order valence-electron chi connectivity index (χ3n) is 4.83. The lowest BCUT2D eigenvalue weighted by molar-refractivity contribution is -0.181. The van der Waals surface area contributed by atoms with Gasteiger partial charge in [0.05, 0.1) is 13.2 Å². The molecule has 1 unspecified atom stereocenters. The maximum Gasteiger partial charge on any atom is 0.403 e. The minimum Gasteiger partial charge on any atom is -0.396 e. The van der Waals surface area contributed by atoms with Crippen LogP contribution in [0, 0.1) is 5.41 Å². The zero-order valence-electron chi connectivity index (χ0n) is 13.9. The van der Waals surface area contributed by atoms with Gasteiger partial charge in [0.2, 0.25) is 0 Å². The van der Waals surface area contributed by atoms with Crippen LogP contribution in [0.1, 0.15) is 26.7 Å². The van der Waals surface area contributed by atoms with E-state index in [1.165, 1.54) is 11.8 Å². The Balaban J connectivity index is 1.91. The second kappa shape index (κ2) is 7.25. The maximum absolute atomic E-state index is 12.8. The number of aliphatic imine (C=N–C) groups is 1. The molecule has 0 aromatic carbocycles. The normalized spacial score (nSPS) is 23.7. The first-order valence-electron chi connectivity index (χ1n) is 8.26. The molecule has 0 aromatic heterocycles. The highest BCUT2D eigenvalue weighted by atomic mass is 19.4. The molecule has 134 valence electrons. The zero-order valence-corrected chi connectivity index (χ0v) is 13.9. The lowest BCUT2D eigenvalue weighted by Crippen LogP contribution is -2.56. The van der Waals surface area contributed by atoms with Crippen LogP contribution in [-0.2, 0) is 0 Å². The van der Waals surface area contributed by atoms with Gasteiger partial charge in [-0.25, -0.2) is 0 Å². The van der Waals surface area contributed by atoms with E-state index in [2.05, 4.69) is 10.3 Å². The molecule has 2 N–H and O–H groups in total. The van der Waals surface area contributed by atoms with Crippen molar-refractivity contribution in [3.05, 3.63) is 0 Å². The first-order valence-corrected chi connectivity index (χ1v) is 8.26. The molecular formula is C15H27F3N4O. The average Bonchev–Trinajstić information content (AvgIpc) is 3.30. The van der Waals surface area contributed by atoms with Gasteiger partial charge in [0.1, 0.15) is 6.04 Å². The predicted octanol–water partition coefficient (Wildman–Crippen LogP) is 1.29. The molecule has 0 amide bonds. The van der Waals surface area contributed by atoms with E-state index in [9.17, 15) is 18.3 Å². The second-order valence-corrected chi connectivity index (χ2v) is 6.57. The van der Waals surface area contributed by atoms with Gasteiger partial charge in [-0.3, -0.25) is 9.89 Å². The first kappa shape index (κ1) is 18.3. The van der Waals surface area contributed by atoms with Gasteiger partial charge in [-0.15, -0.1) is 0 Å². The van der Waals surface area contributed by atoms with E-state index in [4.69, 9.17) is 0 Å². The molecule has 8 heteroatoms. The van der Waals surface area contributed by atoms with Crippen LogP contribution in [0.15, 0.2) is 4.99 Å². The molecular weight excluding hydrogens is 309 g/mol. The highest BCUT2D eigenvalue weighted by Gasteiger charge is 2.43. The molecule has 1 aliphatic heterocycles. The van der Waals surface area contributed by atoms with Crippen LogP contribution in [-0.4, -0.2) is 79.0 Å². The predicted molar refractivity (Wildman–Crippen MR) is 83.4 cm³/mol. The molecule has 1 heterocycles. The average molecular weight is 336 g/mol. The molecule has 23 heavy (non-hydrogen) atoms. The Morgan fingerprint density at radius 2 is 1.87 bits per heavy atom. The Morgan fingerprint density at radius 3 is 2.30 bits per heavy atom. The minimum atomic E-state index is -4.18. The summed E-state index contributed by atoms with van der Waals surface area (Å²) in [4.78, 5) is 8.07. The van der Waals surface area contributed by atoms with E-state index in [1.807, 2.05) is 11.8 Å². The number of guanidine groups is 1. The monoisotopic (exact) mass is 336 g/mol. The number of alkyl halides is 3. The van der Waals surface area contributed by atoms with Gasteiger partial charge in [0.25, 0.3) is 0 Å². The van der Waals surface area contributed by atoms with Crippen LogP contribution < -0.4 is 5.32 Å². The molecule has 5 nitrogen and oxygen atoms in total. The lowest BCUT2D eigenvalue weighted by Gasteiger charge is -2.39. The van der Waals surface area contributed by atoms with Crippen LogP contribution in [0.25, 0.3) is 0 Å². The number of nitrogens with zero attached hydrogens (tertiary/aromatic N) is 3. The summed E-state index contributed by atoms with van der Waals surface area (Å²) in [6.07, 6.45) is -2.20. The molecule has 0 radical (unpaired) electrons. The zero-order chi connectivity index (χ0) is 17.1. The molecule has 2 rings (SSSR count). The second-order valence-electron chi connectivity index (χ2n) is 6.57. The van der Waals surface area contributed by atoms with Crippen LogP contribution >= 0.6 is 0 Å². The van der Waals surface area contributed by atoms with Crippen molar-refractivity contribution in [1.29, 1.82) is 0 Å². The van der Waals surface area contributed by atoms with Crippen molar-refractivity contribution in [1.82, 2.24) is 15.1 Å². The van der Waals surface area contributed by atoms with Crippen molar-refractivity contribution < 1.29 is 18.3 Å². The first-order chi connectivity index (χ1) is 10.8. The number of rotatable bonds is 5. The minimum absolute atomic E-state index is 0.0622. The van der Waals surface area contributed by atoms with E-state index in [1.54, 1.807) is 0 Å². The number of halogens is 3. The fourth-order valence-electron chi connectivity index (χ4n) is 2.74. The van der Waals surface area contributed by atoms with E-state index in [-0.39, 0.29) is 12.0 Å². The molecule has 2 aliphatic rings. The Morgan fingerprint density at radius 1 is 1.26 bits per heavy atom. The third-order valence-corrected chi connectivity index (χ3v) is 4.83. The van der Waals surface area contributed by atoms with Crippen molar-refractivity contribution in [3.8, 4) is 0 Å². The SMILES string of the molecule is CCNC(=NCC1(CO)CC1)N1CCN(C(C)C(F)(F)F)CC1. The molecule has 1 saturated carbocycles. The standard InChI is InChI=1S/C15H27F3N4O/c1-3-19-13(20-10-14(11-23)4-5-14)22-8-6-21(7-9-22)12(2)15(16,17)18/h12,23H,3-11H2,1-2H3,(H,19,20). The Labute approximate surface area is 135 Å². The Hall–Kier alpha value is -1.02. The number of piperazine rings is 1. The largest absolute Gasteiger partial charge is 0.403 e. The van der Waals surface area contributed by atoms with Crippen LogP contribution in [0.4, 0.5) is 13.2 Å². The maximum atomic E-state index is 12.8. The summed E-state index contributed by atoms with van der Waals surface area (Å²) in [5, 5.41) is 12.6. The van der Waals surface area contributed by atoms with Gasteiger partial charge >= 0.3 is 6.18 Å². The van der Waals surface area contributed by atoms with E-state index >= 15 is 0 Å². The van der Waals surface area contributed by atoms with Gasteiger partial charge in [-0.05, 0) is 26.7 Å². The van der Waals surface area contributed by atoms with Gasteiger partial charge in [-0.1, -0.05) is 0 Å². The summed E-state index contributed by atoms with van der Waals surface area (Å²) in [7, 11) is 0. The number of hydrogen-bond donors (Lipinski definition) is 2. The van der Waals surface area contributed by atoms with Gasteiger partial charge < -0.3 is 15.3 Å². The topological polar surface area (TPSA) is 51.1 Å². The quantitative estimate of drug-likeness (QED) is 0.587. The molecule has 0 bridgehead atoms. The van der Waals surface area contributed by atoms with Crippen molar-refractivity contribution in [2.45, 2.75) is 38.9 Å². The lowest BCUT2D eigenvalue weighted by atomic mass is 10.1. The molecule has 1 aliphatic carbocycles. The number of hydrogen-bond acceptors (Lipinski definition) is 3. The molecule has 0 spiro atoms. The van der Waals surface area contributed by atoms with Gasteiger partial charge in [0.15, 0.2) is 5.96 Å². The van der Waals surface area contributed by atoms with Crippen molar-refractivity contribution in [3.63, 3.8) is 0 Å². The summed E-state index contributed by atoms with van der Waals surface area (Å²) >= 11 is 0. The fraction of sp³-hybridized carbons (Fsp3) is 0.933. The van der Waals surface area contributed by atoms with Crippen molar-refractivity contribution in [2.24, 2.45) is 10.4 Å². The fourth-order valence-corrected chi connectivity index (χ4v) is 2.74. The number of aliphatic hydroxyl groups is 1. The number of nitrogens with one attached hydrogen (secondary N) is 1. The van der Waals surface area contributed by atoms with Gasteiger partial charge in [0, 0.05) is 38.1 Å². The summed E-state index contributed by atoms with van der Waals surface area (Å²) in [5.74, 6) is 0.742. The van der Waals surface area contributed by atoms with Crippen LogP contribution in [0.5, 0.6) is 0 Å². The van der Waals surface area contributed by atoms with Gasteiger partial charge in [-0.2, -0.15) is 13.2 Å². The molecule has 1 atom stereocenters.